The topological polar surface area (TPSA) is 45.5 Å². The molecule has 0 bridgehead atoms. The van der Waals surface area contributed by atoms with Gasteiger partial charge in [-0.1, -0.05) is 23.3 Å². The van der Waals surface area contributed by atoms with E-state index < -0.39 is 0 Å². The fraction of sp³-hybridized carbons (Fsp3) is 0.389. The summed E-state index contributed by atoms with van der Waals surface area (Å²) in [5.41, 5.74) is 3.22. The quantitative estimate of drug-likeness (QED) is 0.933. The Bertz CT molecular complexity index is 694. The van der Waals surface area contributed by atoms with Crippen molar-refractivity contribution in [1.82, 2.24) is 10.2 Å². The maximum atomic E-state index is 12.6. The zero-order chi connectivity index (χ0) is 15.9. The number of furan rings is 1. The molecule has 1 aromatic heterocycles. The van der Waals surface area contributed by atoms with E-state index in [4.69, 9.17) is 4.42 Å². The summed E-state index contributed by atoms with van der Waals surface area (Å²) in [5, 5.41) is 3.35. The first-order valence-electron chi connectivity index (χ1n) is 7.60. The van der Waals surface area contributed by atoms with Gasteiger partial charge in [0.1, 0.15) is 11.5 Å². The zero-order valence-electron chi connectivity index (χ0n) is 13.5. The number of hydrogen-bond acceptors (Lipinski definition) is 3. The van der Waals surface area contributed by atoms with E-state index in [1.165, 1.54) is 11.1 Å². The van der Waals surface area contributed by atoms with Crippen LogP contribution in [0.4, 0.5) is 0 Å². The first-order valence-corrected chi connectivity index (χ1v) is 7.60. The molecular formula is C18H22N2O2. The van der Waals surface area contributed by atoms with Crippen molar-refractivity contribution in [2.24, 2.45) is 5.92 Å². The first-order chi connectivity index (χ1) is 10.4. The minimum absolute atomic E-state index is 0.00214. The van der Waals surface area contributed by atoms with Crippen molar-refractivity contribution in [2.45, 2.75) is 33.4 Å². The lowest BCUT2D eigenvalue weighted by molar-refractivity contribution is -0.127. The summed E-state index contributed by atoms with van der Waals surface area (Å²) < 4.78 is 5.54. The van der Waals surface area contributed by atoms with Gasteiger partial charge < -0.3 is 14.6 Å². The highest BCUT2D eigenvalue weighted by Gasteiger charge is 2.32. The highest BCUT2D eigenvalue weighted by Crippen LogP contribution is 2.31. The minimum atomic E-state index is 0.00214. The predicted molar refractivity (Wildman–Crippen MR) is 85.9 cm³/mol. The molecule has 0 fully saturated rings. The van der Waals surface area contributed by atoms with E-state index in [-0.39, 0.29) is 17.9 Å². The van der Waals surface area contributed by atoms with Crippen molar-refractivity contribution < 1.29 is 9.21 Å². The van der Waals surface area contributed by atoms with Crippen molar-refractivity contribution in [3.63, 3.8) is 0 Å². The molecule has 0 spiro atoms. The molecule has 1 aliphatic carbocycles. The highest BCUT2D eigenvalue weighted by molar-refractivity contribution is 5.93. The molecule has 4 heteroatoms. The Balaban J connectivity index is 1.71. The Morgan fingerprint density at radius 2 is 2.05 bits per heavy atom. The second-order valence-electron chi connectivity index (χ2n) is 6.25. The van der Waals surface area contributed by atoms with Gasteiger partial charge in [0, 0.05) is 13.0 Å². The number of aryl methyl sites for hydroxylation is 1. The molecule has 0 saturated carbocycles. The van der Waals surface area contributed by atoms with Gasteiger partial charge in [-0.3, -0.25) is 4.79 Å². The van der Waals surface area contributed by atoms with Crippen LogP contribution in [-0.2, 0) is 11.3 Å². The highest BCUT2D eigenvalue weighted by atomic mass is 16.3. The first kappa shape index (κ1) is 14.7. The zero-order valence-corrected chi connectivity index (χ0v) is 13.5. The molecule has 2 atom stereocenters. The molecular weight excluding hydrogens is 276 g/mol. The number of fused-ring (bicyclic) bond motifs is 1. The summed E-state index contributed by atoms with van der Waals surface area (Å²) in [4.78, 5) is 14.3. The van der Waals surface area contributed by atoms with E-state index in [9.17, 15) is 4.79 Å². The monoisotopic (exact) mass is 298 g/mol. The molecule has 1 amide bonds. The van der Waals surface area contributed by atoms with Crippen LogP contribution in [0.3, 0.4) is 0 Å². The molecule has 22 heavy (non-hydrogen) atoms. The molecule has 2 aliphatic rings. The SMILES string of the molecule is CC1=CC2NC(C(=O)N(C)Cc3ccc(C)o3)=CC2C(C)=C1. The molecule has 116 valence electrons. The van der Waals surface area contributed by atoms with Gasteiger partial charge in [0.15, 0.2) is 0 Å². The van der Waals surface area contributed by atoms with E-state index in [2.05, 4.69) is 31.3 Å². The summed E-state index contributed by atoms with van der Waals surface area (Å²) in [6.07, 6.45) is 6.41. The second-order valence-corrected chi connectivity index (χ2v) is 6.25. The average Bonchev–Trinajstić information content (AvgIpc) is 3.04. The smallest absolute Gasteiger partial charge is 0.269 e. The van der Waals surface area contributed by atoms with Gasteiger partial charge in [0.05, 0.1) is 18.3 Å². The molecule has 2 unspecified atom stereocenters. The largest absolute Gasteiger partial charge is 0.464 e. The number of nitrogens with zero attached hydrogens (tertiary/aromatic N) is 1. The van der Waals surface area contributed by atoms with Crippen LogP contribution in [0, 0.1) is 12.8 Å². The summed E-state index contributed by atoms with van der Waals surface area (Å²) in [7, 11) is 1.80. The number of rotatable bonds is 3. The minimum Gasteiger partial charge on any atom is -0.464 e. The second kappa shape index (κ2) is 5.52. The van der Waals surface area contributed by atoms with Crippen molar-refractivity contribution in [2.75, 3.05) is 7.05 Å². The van der Waals surface area contributed by atoms with Crippen molar-refractivity contribution in [1.29, 1.82) is 0 Å². The molecule has 2 heterocycles. The predicted octanol–water partition coefficient (Wildman–Crippen LogP) is 2.92. The number of likely N-dealkylation sites (N-methyl/N-ethyl adjacent to an activating group) is 1. The maximum absolute atomic E-state index is 12.6. The van der Waals surface area contributed by atoms with Crippen molar-refractivity contribution >= 4 is 5.91 Å². The van der Waals surface area contributed by atoms with Crippen LogP contribution in [-0.4, -0.2) is 23.9 Å². The maximum Gasteiger partial charge on any atom is 0.269 e. The molecule has 3 rings (SSSR count). The Morgan fingerprint density at radius 1 is 1.27 bits per heavy atom. The number of hydrogen-bond donors (Lipinski definition) is 1. The summed E-state index contributed by atoms with van der Waals surface area (Å²) in [5.74, 6) is 1.95. The third kappa shape index (κ3) is 2.73. The van der Waals surface area contributed by atoms with Crippen LogP contribution in [0.15, 0.2) is 51.6 Å². The number of carbonyl (C=O) groups is 1. The average molecular weight is 298 g/mol. The lowest BCUT2D eigenvalue weighted by Crippen LogP contribution is -2.35. The molecule has 1 N–H and O–H groups in total. The fourth-order valence-corrected chi connectivity index (χ4v) is 3.16. The van der Waals surface area contributed by atoms with Gasteiger partial charge in [-0.05, 0) is 39.0 Å². The number of nitrogens with one attached hydrogen (secondary N) is 1. The van der Waals surface area contributed by atoms with Gasteiger partial charge >= 0.3 is 0 Å². The molecule has 4 nitrogen and oxygen atoms in total. The normalized spacial score (nSPS) is 23.2. The van der Waals surface area contributed by atoms with E-state index in [0.29, 0.717) is 12.2 Å². The number of allylic oxidation sites excluding steroid dienone is 2. The molecule has 0 radical (unpaired) electrons. The Morgan fingerprint density at radius 3 is 2.73 bits per heavy atom. The van der Waals surface area contributed by atoms with Crippen LogP contribution in [0.5, 0.6) is 0 Å². The standard InChI is InChI=1S/C18H22N2O2/c1-11-7-12(2)15-9-17(19-16(15)8-11)18(21)20(4)10-14-6-5-13(3)22-14/h5-9,15-16,19H,10H2,1-4H3. The van der Waals surface area contributed by atoms with E-state index in [1.807, 2.05) is 25.1 Å². The third-order valence-corrected chi connectivity index (χ3v) is 4.24. The lowest BCUT2D eigenvalue weighted by Gasteiger charge is -2.23. The van der Waals surface area contributed by atoms with Crippen LogP contribution in [0.25, 0.3) is 0 Å². The van der Waals surface area contributed by atoms with E-state index in [1.54, 1.807) is 11.9 Å². The Labute approximate surface area is 131 Å². The lowest BCUT2D eigenvalue weighted by atomic mass is 9.87. The van der Waals surface area contributed by atoms with Gasteiger partial charge in [-0.2, -0.15) is 0 Å². The number of carbonyl (C=O) groups excluding carboxylic acids is 1. The van der Waals surface area contributed by atoms with Gasteiger partial charge in [0.2, 0.25) is 0 Å². The molecule has 0 saturated heterocycles. The van der Waals surface area contributed by atoms with Gasteiger partial charge in [-0.15, -0.1) is 0 Å². The number of amides is 1. The fourth-order valence-electron chi connectivity index (χ4n) is 3.16. The van der Waals surface area contributed by atoms with E-state index >= 15 is 0 Å². The molecule has 1 aliphatic heterocycles. The van der Waals surface area contributed by atoms with E-state index in [0.717, 1.165) is 11.5 Å². The third-order valence-electron chi connectivity index (χ3n) is 4.24. The molecule has 0 aromatic carbocycles. The van der Waals surface area contributed by atoms with Crippen LogP contribution in [0.2, 0.25) is 0 Å². The Kier molecular flexibility index (Phi) is 3.69. The van der Waals surface area contributed by atoms with Crippen LogP contribution in [0.1, 0.15) is 25.4 Å². The Hall–Kier alpha value is -2.23. The van der Waals surface area contributed by atoms with Crippen molar-refractivity contribution in [3.8, 4) is 0 Å². The summed E-state index contributed by atoms with van der Waals surface area (Å²) in [6.45, 7) is 6.59. The van der Waals surface area contributed by atoms with Crippen LogP contribution < -0.4 is 5.32 Å². The van der Waals surface area contributed by atoms with Gasteiger partial charge in [-0.25, -0.2) is 0 Å². The van der Waals surface area contributed by atoms with Crippen molar-refractivity contribution in [3.05, 3.63) is 58.7 Å². The summed E-state index contributed by atoms with van der Waals surface area (Å²) in [6, 6.07) is 4.02. The van der Waals surface area contributed by atoms with Gasteiger partial charge in [0.25, 0.3) is 5.91 Å². The van der Waals surface area contributed by atoms with Crippen LogP contribution >= 0.6 is 0 Å². The molecule has 1 aromatic rings. The summed E-state index contributed by atoms with van der Waals surface area (Å²) >= 11 is 0.